The lowest BCUT2D eigenvalue weighted by molar-refractivity contribution is 0.286. The quantitative estimate of drug-likeness (QED) is 0.642. The van der Waals surface area contributed by atoms with E-state index in [9.17, 15) is 0 Å². The summed E-state index contributed by atoms with van der Waals surface area (Å²) in [4.78, 5) is 26.8. The molecule has 4 heterocycles. The number of nitrogens with zero attached hydrogens (tertiary/aromatic N) is 6. The highest BCUT2D eigenvalue weighted by atomic mass is 32.2. The van der Waals surface area contributed by atoms with Crippen molar-refractivity contribution in [3.63, 3.8) is 0 Å². The third kappa shape index (κ3) is 3.41. The second-order valence-electron chi connectivity index (χ2n) is 7.76. The van der Waals surface area contributed by atoms with Gasteiger partial charge in [-0.1, -0.05) is 0 Å². The van der Waals surface area contributed by atoms with E-state index < -0.39 is 0 Å². The van der Waals surface area contributed by atoms with Crippen LogP contribution in [0.3, 0.4) is 0 Å². The summed E-state index contributed by atoms with van der Waals surface area (Å²) in [5.74, 6) is 3.76. The molecule has 0 bridgehead atoms. The molecule has 2 aliphatic rings. The van der Waals surface area contributed by atoms with E-state index in [0.717, 1.165) is 47.6 Å². The molecule has 28 heavy (non-hydrogen) atoms. The fourth-order valence-electron chi connectivity index (χ4n) is 4.14. The summed E-state index contributed by atoms with van der Waals surface area (Å²) < 4.78 is 0. The van der Waals surface area contributed by atoms with E-state index in [2.05, 4.69) is 47.8 Å². The van der Waals surface area contributed by atoms with Gasteiger partial charge in [-0.3, -0.25) is 0 Å². The van der Waals surface area contributed by atoms with Crippen LogP contribution < -0.4 is 9.80 Å². The largest absolute Gasteiger partial charge is 0.356 e. The van der Waals surface area contributed by atoms with Crippen molar-refractivity contribution in [3.05, 3.63) is 31.0 Å². The molecule has 1 N–H and O–H groups in total. The number of aromatic amines is 1. The average Bonchev–Trinajstić information content (AvgIpc) is 3.38. The van der Waals surface area contributed by atoms with Gasteiger partial charge in [0.05, 0.1) is 5.39 Å². The number of hydrogen-bond donors (Lipinski definition) is 1. The first-order valence-corrected chi connectivity index (χ1v) is 11.0. The molecule has 1 saturated carbocycles. The predicted molar refractivity (Wildman–Crippen MR) is 113 cm³/mol. The van der Waals surface area contributed by atoms with Crippen LogP contribution >= 0.6 is 11.8 Å². The van der Waals surface area contributed by atoms with Gasteiger partial charge in [0.15, 0.2) is 0 Å². The lowest BCUT2D eigenvalue weighted by Gasteiger charge is -2.41. The van der Waals surface area contributed by atoms with Gasteiger partial charge in [0.25, 0.3) is 0 Å². The second kappa shape index (κ2) is 7.58. The maximum absolute atomic E-state index is 4.56. The van der Waals surface area contributed by atoms with Crippen molar-refractivity contribution >= 4 is 34.6 Å². The second-order valence-corrected chi connectivity index (χ2v) is 8.86. The molecule has 3 aromatic heterocycles. The highest BCUT2D eigenvalue weighted by Gasteiger charge is 2.33. The average molecular weight is 396 g/mol. The summed E-state index contributed by atoms with van der Waals surface area (Å²) in [6.07, 6.45) is 12.4. The standard InChI is InChI=1S/C20H25N7S/c1-26(19-17-4-5-21-18(17)24-13-25-19)15-8-14(9-15)12-28-16-10-22-20(23-11-16)27-6-2-3-7-27/h4-5,10-11,13-15H,2-3,6-9,12H2,1H3,(H,21,24,25). The molecule has 5 rings (SSSR count). The zero-order chi connectivity index (χ0) is 18.9. The molecule has 2 fully saturated rings. The Morgan fingerprint density at radius 3 is 2.71 bits per heavy atom. The van der Waals surface area contributed by atoms with Gasteiger partial charge in [-0.05, 0) is 37.7 Å². The topological polar surface area (TPSA) is 73.8 Å². The molecule has 146 valence electrons. The lowest BCUT2D eigenvalue weighted by Crippen LogP contribution is -2.43. The van der Waals surface area contributed by atoms with Crippen LogP contribution in [-0.2, 0) is 0 Å². The number of thioether (sulfide) groups is 1. The summed E-state index contributed by atoms with van der Waals surface area (Å²) in [6.45, 7) is 2.18. The number of nitrogens with one attached hydrogen (secondary N) is 1. The molecule has 3 aromatic rings. The molecule has 8 heteroatoms. The van der Waals surface area contributed by atoms with Crippen LogP contribution in [0, 0.1) is 5.92 Å². The molecule has 0 unspecified atom stereocenters. The first-order valence-electron chi connectivity index (χ1n) is 9.98. The van der Waals surface area contributed by atoms with Gasteiger partial charge in [-0.15, -0.1) is 11.8 Å². The van der Waals surface area contributed by atoms with Crippen LogP contribution in [0.25, 0.3) is 11.0 Å². The summed E-state index contributed by atoms with van der Waals surface area (Å²) in [6, 6.07) is 2.60. The Morgan fingerprint density at radius 2 is 1.93 bits per heavy atom. The van der Waals surface area contributed by atoms with Gasteiger partial charge < -0.3 is 14.8 Å². The Kier molecular flexibility index (Phi) is 4.80. The SMILES string of the molecule is CN(c1ncnc2[nH]ccc12)C1CC(CSc2cnc(N3CCCC3)nc2)C1. The predicted octanol–water partition coefficient (Wildman–Crippen LogP) is 3.36. The summed E-state index contributed by atoms with van der Waals surface area (Å²) >= 11 is 1.88. The number of fused-ring (bicyclic) bond motifs is 1. The fourth-order valence-corrected chi connectivity index (χ4v) is 5.10. The van der Waals surface area contributed by atoms with E-state index >= 15 is 0 Å². The molecule has 0 atom stereocenters. The summed E-state index contributed by atoms with van der Waals surface area (Å²) in [5.41, 5.74) is 0.903. The van der Waals surface area contributed by atoms with Crippen molar-refractivity contribution in [1.82, 2.24) is 24.9 Å². The van der Waals surface area contributed by atoms with Crippen molar-refractivity contribution < 1.29 is 0 Å². The van der Waals surface area contributed by atoms with Crippen LogP contribution in [0.4, 0.5) is 11.8 Å². The molecule has 1 aliphatic heterocycles. The van der Waals surface area contributed by atoms with Gasteiger partial charge in [-0.2, -0.15) is 0 Å². The molecular weight excluding hydrogens is 370 g/mol. The molecule has 0 aromatic carbocycles. The van der Waals surface area contributed by atoms with E-state index in [4.69, 9.17) is 0 Å². The van der Waals surface area contributed by atoms with Crippen molar-refractivity contribution in [2.75, 3.05) is 35.7 Å². The van der Waals surface area contributed by atoms with Crippen molar-refractivity contribution in [3.8, 4) is 0 Å². The Balaban J connectivity index is 1.13. The Labute approximate surface area is 169 Å². The molecule has 7 nitrogen and oxygen atoms in total. The highest BCUT2D eigenvalue weighted by Crippen LogP contribution is 2.38. The smallest absolute Gasteiger partial charge is 0.225 e. The lowest BCUT2D eigenvalue weighted by atomic mass is 9.81. The van der Waals surface area contributed by atoms with E-state index in [1.165, 1.54) is 30.6 Å². The van der Waals surface area contributed by atoms with Crippen LogP contribution in [0.1, 0.15) is 25.7 Å². The zero-order valence-corrected chi connectivity index (χ0v) is 16.9. The third-order valence-electron chi connectivity index (χ3n) is 5.91. The molecule has 1 aliphatic carbocycles. The van der Waals surface area contributed by atoms with Crippen LogP contribution in [0.5, 0.6) is 0 Å². The fraction of sp³-hybridized carbons (Fsp3) is 0.500. The molecule has 0 radical (unpaired) electrons. The molecule has 0 spiro atoms. The van der Waals surface area contributed by atoms with E-state index in [0.29, 0.717) is 6.04 Å². The van der Waals surface area contributed by atoms with E-state index in [-0.39, 0.29) is 0 Å². The van der Waals surface area contributed by atoms with Crippen LogP contribution in [0.15, 0.2) is 35.9 Å². The van der Waals surface area contributed by atoms with Gasteiger partial charge in [-0.25, -0.2) is 19.9 Å². The minimum atomic E-state index is 0.549. The van der Waals surface area contributed by atoms with Gasteiger partial charge in [0.2, 0.25) is 5.95 Å². The number of rotatable bonds is 6. The van der Waals surface area contributed by atoms with Crippen molar-refractivity contribution in [2.24, 2.45) is 5.92 Å². The number of anilines is 2. The number of hydrogen-bond acceptors (Lipinski definition) is 7. The normalized spacial score (nSPS) is 21.8. The monoisotopic (exact) mass is 395 g/mol. The zero-order valence-electron chi connectivity index (χ0n) is 16.1. The number of H-pyrrole nitrogens is 1. The Hall–Kier alpha value is -2.35. The number of aromatic nitrogens is 5. The van der Waals surface area contributed by atoms with Crippen molar-refractivity contribution in [2.45, 2.75) is 36.6 Å². The summed E-state index contributed by atoms with van der Waals surface area (Å²) in [5, 5.41) is 1.10. The van der Waals surface area contributed by atoms with Crippen LogP contribution in [-0.4, -0.2) is 56.9 Å². The third-order valence-corrected chi connectivity index (χ3v) is 7.10. The van der Waals surface area contributed by atoms with Gasteiger partial charge in [0.1, 0.15) is 17.8 Å². The van der Waals surface area contributed by atoms with E-state index in [1.54, 1.807) is 6.33 Å². The van der Waals surface area contributed by atoms with Gasteiger partial charge in [0, 0.05) is 55.4 Å². The Bertz CT molecular complexity index is 929. The molecular formula is C20H25N7S. The highest BCUT2D eigenvalue weighted by molar-refractivity contribution is 7.99. The summed E-state index contributed by atoms with van der Waals surface area (Å²) in [7, 11) is 2.15. The van der Waals surface area contributed by atoms with Crippen LogP contribution in [0.2, 0.25) is 0 Å². The molecule has 0 amide bonds. The first-order chi connectivity index (χ1) is 13.8. The minimum absolute atomic E-state index is 0.549. The van der Waals surface area contributed by atoms with Crippen molar-refractivity contribution in [1.29, 1.82) is 0 Å². The van der Waals surface area contributed by atoms with Gasteiger partial charge >= 0.3 is 0 Å². The maximum Gasteiger partial charge on any atom is 0.225 e. The Morgan fingerprint density at radius 1 is 1.14 bits per heavy atom. The molecule has 1 saturated heterocycles. The first kappa shape index (κ1) is 17.7. The minimum Gasteiger partial charge on any atom is -0.356 e. The van der Waals surface area contributed by atoms with E-state index in [1.807, 2.05) is 30.4 Å². The maximum atomic E-state index is 4.56.